The van der Waals surface area contributed by atoms with Crippen LogP contribution in [-0.4, -0.2) is 68.8 Å². The van der Waals surface area contributed by atoms with Crippen LogP contribution in [0, 0.1) is 0 Å². The monoisotopic (exact) mass is 355 g/mol. The highest BCUT2D eigenvalue weighted by molar-refractivity contribution is 7.98. The standard InChI is InChI=1S/C14H19F2N7S/c1-24-14-18-11(13(15)16)10-12(19-14)22-7-4-21(5-8-22)6-9-23-3-2-17-20-23/h2-3,10,13H,4-9H2,1H3. The van der Waals surface area contributed by atoms with E-state index in [2.05, 4.69) is 25.2 Å². The van der Waals surface area contributed by atoms with Crippen molar-refractivity contribution in [2.45, 2.75) is 18.1 Å². The van der Waals surface area contributed by atoms with Gasteiger partial charge in [0.25, 0.3) is 6.43 Å². The Morgan fingerprint density at radius 1 is 1.17 bits per heavy atom. The predicted molar refractivity (Wildman–Crippen MR) is 87.4 cm³/mol. The molecule has 0 unspecified atom stereocenters. The first-order valence-corrected chi connectivity index (χ1v) is 8.90. The highest BCUT2D eigenvalue weighted by Gasteiger charge is 2.21. The lowest BCUT2D eigenvalue weighted by Gasteiger charge is -2.35. The molecule has 3 heterocycles. The SMILES string of the molecule is CSc1nc(C(F)F)cc(N2CCN(CCn3ccnn3)CC2)n1. The molecule has 0 spiro atoms. The Balaban J connectivity index is 1.58. The third-order valence-corrected chi connectivity index (χ3v) is 4.48. The van der Waals surface area contributed by atoms with Crippen molar-refractivity contribution in [2.75, 3.05) is 43.9 Å². The highest BCUT2D eigenvalue weighted by Crippen LogP contribution is 2.24. The van der Waals surface area contributed by atoms with E-state index in [1.165, 1.54) is 17.8 Å². The summed E-state index contributed by atoms with van der Waals surface area (Å²) in [4.78, 5) is 12.6. The number of alkyl halides is 2. The summed E-state index contributed by atoms with van der Waals surface area (Å²) in [5.41, 5.74) is -0.210. The minimum atomic E-state index is -2.58. The van der Waals surface area contributed by atoms with Gasteiger partial charge in [0.15, 0.2) is 5.16 Å². The molecule has 1 saturated heterocycles. The van der Waals surface area contributed by atoms with Crippen LogP contribution in [0.5, 0.6) is 0 Å². The second-order valence-electron chi connectivity index (χ2n) is 5.43. The maximum absolute atomic E-state index is 13.0. The molecule has 2 aromatic rings. The Kier molecular flexibility index (Phi) is 5.56. The first-order valence-electron chi connectivity index (χ1n) is 7.68. The van der Waals surface area contributed by atoms with Crippen LogP contribution in [0.15, 0.2) is 23.6 Å². The van der Waals surface area contributed by atoms with Crippen molar-refractivity contribution >= 4 is 17.6 Å². The number of rotatable bonds is 6. The van der Waals surface area contributed by atoms with Gasteiger partial charge in [0, 0.05) is 45.0 Å². The molecule has 1 aliphatic heterocycles. The van der Waals surface area contributed by atoms with Crippen LogP contribution in [-0.2, 0) is 6.54 Å². The fourth-order valence-corrected chi connectivity index (χ4v) is 2.97. The van der Waals surface area contributed by atoms with Gasteiger partial charge in [-0.2, -0.15) is 0 Å². The molecule has 0 aromatic carbocycles. The van der Waals surface area contributed by atoms with Crippen molar-refractivity contribution in [3.8, 4) is 0 Å². The molecule has 0 N–H and O–H groups in total. The lowest BCUT2D eigenvalue weighted by atomic mass is 10.3. The molecule has 2 aromatic heterocycles. The van der Waals surface area contributed by atoms with E-state index >= 15 is 0 Å². The minimum Gasteiger partial charge on any atom is -0.354 e. The van der Waals surface area contributed by atoms with E-state index in [0.29, 0.717) is 11.0 Å². The van der Waals surface area contributed by atoms with Crippen LogP contribution >= 0.6 is 11.8 Å². The van der Waals surface area contributed by atoms with E-state index < -0.39 is 6.43 Å². The zero-order chi connectivity index (χ0) is 16.9. The largest absolute Gasteiger partial charge is 0.354 e. The van der Waals surface area contributed by atoms with Gasteiger partial charge in [0.05, 0.1) is 12.7 Å². The van der Waals surface area contributed by atoms with E-state index in [-0.39, 0.29) is 5.69 Å². The smallest absolute Gasteiger partial charge is 0.280 e. The molecule has 10 heteroatoms. The summed E-state index contributed by atoms with van der Waals surface area (Å²) in [5.74, 6) is 0.584. The van der Waals surface area contributed by atoms with E-state index in [9.17, 15) is 8.78 Å². The molecule has 1 fully saturated rings. The normalized spacial score (nSPS) is 16.1. The molecule has 0 atom stereocenters. The molecule has 0 saturated carbocycles. The molecule has 1 aliphatic rings. The average Bonchev–Trinajstić information content (AvgIpc) is 3.13. The van der Waals surface area contributed by atoms with E-state index in [4.69, 9.17) is 0 Å². The average molecular weight is 355 g/mol. The summed E-state index contributed by atoms with van der Waals surface area (Å²) in [6, 6.07) is 1.40. The molecule has 0 aliphatic carbocycles. The first-order chi connectivity index (χ1) is 11.7. The Morgan fingerprint density at radius 2 is 1.96 bits per heavy atom. The zero-order valence-electron chi connectivity index (χ0n) is 13.3. The van der Waals surface area contributed by atoms with Crippen LogP contribution in [0.3, 0.4) is 0 Å². The van der Waals surface area contributed by atoms with E-state index in [0.717, 1.165) is 39.3 Å². The highest BCUT2D eigenvalue weighted by atomic mass is 32.2. The van der Waals surface area contributed by atoms with Crippen molar-refractivity contribution in [3.05, 3.63) is 24.2 Å². The molecule has 24 heavy (non-hydrogen) atoms. The molecule has 0 amide bonds. The van der Waals surface area contributed by atoms with Crippen LogP contribution in [0.1, 0.15) is 12.1 Å². The van der Waals surface area contributed by atoms with Gasteiger partial charge in [0.2, 0.25) is 0 Å². The molecule has 0 bridgehead atoms. The summed E-state index contributed by atoms with van der Waals surface area (Å²) in [7, 11) is 0. The third kappa shape index (κ3) is 4.18. The molecular formula is C14H19F2N7S. The maximum atomic E-state index is 13.0. The molecule has 3 rings (SSSR count). The van der Waals surface area contributed by atoms with Crippen LogP contribution in [0.25, 0.3) is 0 Å². The molecule has 0 radical (unpaired) electrons. The van der Waals surface area contributed by atoms with Gasteiger partial charge in [-0.05, 0) is 6.26 Å². The van der Waals surface area contributed by atoms with Crippen molar-refractivity contribution < 1.29 is 8.78 Å². The van der Waals surface area contributed by atoms with Gasteiger partial charge < -0.3 is 4.90 Å². The van der Waals surface area contributed by atoms with Crippen molar-refractivity contribution in [3.63, 3.8) is 0 Å². The summed E-state index contributed by atoms with van der Waals surface area (Å²) in [6.45, 7) is 4.91. The van der Waals surface area contributed by atoms with E-state index in [1.807, 2.05) is 11.1 Å². The fraction of sp³-hybridized carbons (Fsp3) is 0.571. The lowest BCUT2D eigenvalue weighted by molar-refractivity contribution is 0.145. The Hall–Kier alpha value is -1.81. The molecular weight excluding hydrogens is 336 g/mol. The number of anilines is 1. The summed E-state index contributed by atoms with van der Waals surface area (Å²) < 4.78 is 27.8. The van der Waals surface area contributed by atoms with Gasteiger partial charge in [-0.15, -0.1) is 5.10 Å². The van der Waals surface area contributed by atoms with Crippen LogP contribution < -0.4 is 4.90 Å². The first kappa shape index (κ1) is 17.0. The number of aromatic nitrogens is 5. The Bertz CT molecular complexity index is 645. The van der Waals surface area contributed by atoms with Gasteiger partial charge in [0.1, 0.15) is 11.5 Å². The predicted octanol–water partition coefficient (Wildman–Crippen LogP) is 1.55. The third-order valence-electron chi connectivity index (χ3n) is 3.93. The summed E-state index contributed by atoms with van der Waals surface area (Å²) in [6.07, 6.45) is 2.71. The van der Waals surface area contributed by atoms with Crippen LogP contribution in [0.2, 0.25) is 0 Å². The Labute approximate surface area is 143 Å². The van der Waals surface area contributed by atoms with Gasteiger partial charge >= 0.3 is 0 Å². The number of nitrogens with zero attached hydrogens (tertiary/aromatic N) is 7. The summed E-state index contributed by atoms with van der Waals surface area (Å²) in [5, 5.41) is 8.12. The minimum absolute atomic E-state index is 0.210. The maximum Gasteiger partial charge on any atom is 0.280 e. The van der Waals surface area contributed by atoms with Crippen molar-refractivity contribution in [1.29, 1.82) is 0 Å². The second kappa shape index (κ2) is 7.84. The lowest BCUT2D eigenvalue weighted by Crippen LogP contribution is -2.47. The van der Waals surface area contributed by atoms with Gasteiger partial charge in [-0.1, -0.05) is 17.0 Å². The fourth-order valence-electron chi connectivity index (χ4n) is 2.59. The van der Waals surface area contributed by atoms with Gasteiger partial charge in [-0.25, -0.2) is 18.7 Å². The topological polar surface area (TPSA) is 63.0 Å². The number of piperazine rings is 1. The number of hydrogen-bond acceptors (Lipinski definition) is 7. The van der Waals surface area contributed by atoms with E-state index in [1.54, 1.807) is 17.1 Å². The number of thioether (sulfide) groups is 1. The second-order valence-corrected chi connectivity index (χ2v) is 6.21. The molecule has 130 valence electrons. The van der Waals surface area contributed by atoms with Crippen molar-refractivity contribution in [1.82, 2.24) is 29.9 Å². The van der Waals surface area contributed by atoms with Gasteiger partial charge in [-0.3, -0.25) is 9.58 Å². The number of halogens is 2. The Morgan fingerprint density at radius 3 is 2.58 bits per heavy atom. The van der Waals surface area contributed by atoms with Crippen LogP contribution in [0.4, 0.5) is 14.6 Å². The summed E-state index contributed by atoms with van der Waals surface area (Å²) >= 11 is 1.28. The number of hydrogen-bond donors (Lipinski definition) is 0. The van der Waals surface area contributed by atoms with Crippen molar-refractivity contribution in [2.24, 2.45) is 0 Å². The zero-order valence-corrected chi connectivity index (χ0v) is 14.2. The molecule has 7 nitrogen and oxygen atoms in total. The quantitative estimate of drug-likeness (QED) is 0.575.